The second-order valence-electron chi connectivity index (χ2n) is 5.46. The highest BCUT2D eigenvalue weighted by Crippen LogP contribution is 2.10. The van der Waals surface area contributed by atoms with Crippen molar-refractivity contribution in [2.75, 3.05) is 13.1 Å². The first-order valence-corrected chi connectivity index (χ1v) is 7.67. The van der Waals surface area contributed by atoms with Crippen molar-refractivity contribution in [3.05, 3.63) is 35.9 Å². The van der Waals surface area contributed by atoms with Gasteiger partial charge < -0.3 is 15.5 Å². The average molecular weight is 356 g/mol. The van der Waals surface area contributed by atoms with Gasteiger partial charge in [-0.3, -0.25) is 9.59 Å². The normalized spacial score (nSPS) is 14.5. The second kappa shape index (κ2) is 9.89. The minimum Gasteiger partial charge on any atom is -0.341 e. The number of hydrogen-bond donors (Lipinski definition) is 2. The summed E-state index contributed by atoms with van der Waals surface area (Å²) >= 11 is 0. The summed E-state index contributed by atoms with van der Waals surface area (Å²) in [6, 6.07) is 7.62. The van der Waals surface area contributed by atoms with E-state index in [0.717, 1.165) is 25.9 Å². The van der Waals surface area contributed by atoms with Crippen molar-refractivity contribution in [3.63, 3.8) is 0 Å². The van der Waals surface area contributed by atoms with Crippen molar-refractivity contribution < 1.29 is 19.2 Å². The van der Waals surface area contributed by atoms with E-state index in [0.29, 0.717) is 5.56 Å². The third-order valence-electron chi connectivity index (χ3n) is 3.68. The van der Waals surface area contributed by atoms with Crippen molar-refractivity contribution in [3.8, 4) is 0 Å². The van der Waals surface area contributed by atoms with E-state index in [2.05, 4.69) is 5.48 Å². The highest BCUT2D eigenvalue weighted by atomic mass is 35.5. The van der Waals surface area contributed by atoms with Crippen LogP contribution in [0.15, 0.2) is 30.3 Å². The molecule has 0 radical (unpaired) electrons. The molecule has 0 spiro atoms. The zero-order valence-electron chi connectivity index (χ0n) is 13.3. The first kappa shape index (κ1) is 19.9. The zero-order valence-corrected chi connectivity index (χ0v) is 14.1. The molecule has 1 atom stereocenters. The van der Waals surface area contributed by atoms with Crippen molar-refractivity contribution in [2.24, 2.45) is 5.73 Å². The molecule has 7 nitrogen and oxygen atoms in total. The Morgan fingerprint density at radius 1 is 1.17 bits per heavy atom. The molecule has 1 aliphatic rings. The molecule has 0 bridgehead atoms. The van der Waals surface area contributed by atoms with Crippen LogP contribution in [0.5, 0.6) is 0 Å². The van der Waals surface area contributed by atoms with Crippen LogP contribution in [0.1, 0.15) is 36.0 Å². The summed E-state index contributed by atoms with van der Waals surface area (Å²) in [5.41, 5.74) is 8.23. The first-order valence-electron chi connectivity index (χ1n) is 7.67. The van der Waals surface area contributed by atoms with Crippen LogP contribution in [0, 0.1) is 0 Å². The van der Waals surface area contributed by atoms with E-state index in [9.17, 15) is 14.4 Å². The number of carbonyl (C=O) groups excluding carboxylic acids is 3. The van der Waals surface area contributed by atoms with Gasteiger partial charge in [0.2, 0.25) is 5.91 Å². The van der Waals surface area contributed by atoms with Crippen LogP contribution in [0.3, 0.4) is 0 Å². The Balaban J connectivity index is 0.00000288. The fourth-order valence-corrected chi connectivity index (χ4v) is 2.37. The molecule has 132 valence electrons. The largest absolute Gasteiger partial charge is 0.362 e. The number of hydroxylamine groups is 1. The minimum atomic E-state index is -0.705. The number of rotatable bonds is 5. The highest BCUT2D eigenvalue weighted by molar-refractivity contribution is 5.90. The summed E-state index contributed by atoms with van der Waals surface area (Å²) in [7, 11) is 0. The molecular formula is C16H22ClN3O4. The summed E-state index contributed by atoms with van der Waals surface area (Å²) in [6.45, 7) is 1.46. The summed E-state index contributed by atoms with van der Waals surface area (Å²) in [4.78, 5) is 41.7. The van der Waals surface area contributed by atoms with E-state index in [1.165, 1.54) is 0 Å². The number of benzene rings is 1. The summed E-state index contributed by atoms with van der Waals surface area (Å²) in [6.07, 6.45) is 2.22. The Labute approximate surface area is 146 Å². The van der Waals surface area contributed by atoms with E-state index in [4.69, 9.17) is 10.6 Å². The minimum absolute atomic E-state index is 0. The third kappa shape index (κ3) is 5.82. The predicted octanol–water partition coefficient (Wildman–Crippen LogP) is 1.03. The molecule has 2 amide bonds. The van der Waals surface area contributed by atoms with Crippen LogP contribution in [0.4, 0.5) is 0 Å². The first-order chi connectivity index (χ1) is 11.1. The van der Waals surface area contributed by atoms with E-state index >= 15 is 0 Å². The van der Waals surface area contributed by atoms with Crippen LogP contribution < -0.4 is 11.2 Å². The number of likely N-dealkylation sites (tertiary alicyclic amines) is 1. The zero-order chi connectivity index (χ0) is 16.7. The molecule has 24 heavy (non-hydrogen) atoms. The van der Waals surface area contributed by atoms with Gasteiger partial charge in [-0.1, -0.05) is 18.2 Å². The lowest BCUT2D eigenvalue weighted by atomic mass is 10.1. The van der Waals surface area contributed by atoms with E-state index in [-0.39, 0.29) is 31.2 Å². The average Bonchev–Trinajstić information content (AvgIpc) is 3.12. The van der Waals surface area contributed by atoms with Crippen LogP contribution in [-0.4, -0.2) is 41.8 Å². The topological polar surface area (TPSA) is 102 Å². The lowest BCUT2D eigenvalue weighted by Crippen LogP contribution is -2.43. The van der Waals surface area contributed by atoms with Crippen molar-refractivity contribution in [2.45, 2.75) is 31.7 Å². The number of halogens is 1. The second-order valence-corrected chi connectivity index (χ2v) is 5.46. The smallest absolute Gasteiger partial charge is 0.341 e. The standard InChI is InChI=1S/C16H21N3O4.ClH/c17-13(15(21)19-10-4-5-11-19)8-9-14(20)18-23-16(22)12-6-2-1-3-7-12;/h1-3,6-7,13H,4-5,8-11,17H2,(H,18,20);1H/t13-;/m0./s1. The molecule has 0 aliphatic carbocycles. The molecular weight excluding hydrogens is 334 g/mol. The SMILES string of the molecule is Cl.N[C@@H](CCC(=O)NOC(=O)c1ccccc1)C(=O)N1CCCC1. The lowest BCUT2D eigenvalue weighted by Gasteiger charge is -2.19. The summed E-state index contributed by atoms with van der Waals surface area (Å²) < 4.78 is 0. The maximum atomic E-state index is 12.0. The molecule has 1 aromatic carbocycles. The summed E-state index contributed by atoms with van der Waals surface area (Å²) in [5, 5.41) is 0. The highest BCUT2D eigenvalue weighted by Gasteiger charge is 2.24. The van der Waals surface area contributed by atoms with Gasteiger partial charge in [0.1, 0.15) is 0 Å². The monoisotopic (exact) mass is 355 g/mol. The molecule has 0 saturated carbocycles. The number of hydrogen-bond acceptors (Lipinski definition) is 5. The quantitative estimate of drug-likeness (QED) is 0.768. The van der Waals surface area contributed by atoms with Crippen LogP contribution in [-0.2, 0) is 14.4 Å². The maximum Gasteiger partial charge on any atom is 0.362 e. The number of carbonyl (C=O) groups is 3. The summed E-state index contributed by atoms with van der Waals surface area (Å²) in [5.74, 6) is -1.26. The van der Waals surface area contributed by atoms with E-state index < -0.39 is 17.9 Å². The van der Waals surface area contributed by atoms with Crippen molar-refractivity contribution >= 4 is 30.2 Å². The molecule has 1 saturated heterocycles. The van der Waals surface area contributed by atoms with Gasteiger partial charge in [-0.05, 0) is 31.4 Å². The van der Waals surface area contributed by atoms with Gasteiger partial charge in [-0.2, -0.15) is 5.48 Å². The van der Waals surface area contributed by atoms with E-state index in [1.54, 1.807) is 35.2 Å². The van der Waals surface area contributed by atoms with Crippen LogP contribution in [0.25, 0.3) is 0 Å². The fraction of sp³-hybridized carbons (Fsp3) is 0.438. The maximum absolute atomic E-state index is 12.0. The Kier molecular flexibility index (Phi) is 8.21. The lowest BCUT2D eigenvalue weighted by molar-refractivity contribution is -0.132. The molecule has 1 aromatic rings. The van der Waals surface area contributed by atoms with Gasteiger partial charge in [-0.15, -0.1) is 12.4 Å². The molecule has 1 aliphatic heterocycles. The molecule has 0 aromatic heterocycles. The van der Waals surface area contributed by atoms with Crippen molar-refractivity contribution in [1.82, 2.24) is 10.4 Å². The van der Waals surface area contributed by atoms with Crippen LogP contribution >= 0.6 is 12.4 Å². The Morgan fingerprint density at radius 3 is 2.42 bits per heavy atom. The molecule has 0 unspecified atom stereocenters. The number of amides is 2. The van der Waals surface area contributed by atoms with Gasteiger partial charge in [0.15, 0.2) is 0 Å². The third-order valence-corrected chi connectivity index (χ3v) is 3.68. The number of nitrogens with two attached hydrogens (primary N) is 1. The molecule has 8 heteroatoms. The molecule has 2 rings (SSSR count). The van der Waals surface area contributed by atoms with Gasteiger partial charge in [0, 0.05) is 19.5 Å². The number of nitrogens with one attached hydrogen (secondary N) is 1. The predicted molar refractivity (Wildman–Crippen MR) is 90.3 cm³/mol. The van der Waals surface area contributed by atoms with Gasteiger partial charge in [-0.25, -0.2) is 4.79 Å². The Morgan fingerprint density at radius 2 is 1.79 bits per heavy atom. The van der Waals surface area contributed by atoms with E-state index in [1.807, 2.05) is 0 Å². The van der Waals surface area contributed by atoms with Gasteiger partial charge >= 0.3 is 5.97 Å². The Hall–Kier alpha value is -2.12. The fourth-order valence-electron chi connectivity index (χ4n) is 2.37. The van der Waals surface area contributed by atoms with Crippen molar-refractivity contribution in [1.29, 1.82) is 0 Å². The molecule has 3 N–H and O–H groups in total. The van der Waals surface area contributed by atoms with Gasteiger partial charge in [0.05, 0.1) is 11.6 Å². The molecule has 1 heterocycles. The van der Waals surface area contributed by atoms with Crippen LogP contribution in [0.2, 0.25) is 0 Å². The molecule has 1 fully saturated rings. The van der Waals surface area contributed by atoms with Gasteiger partial charge in [0.25, 0.3) is 5.91 Å². The number of nitrogens with zero attached hydrogens (tertiary/aromatic N) is 1. The Bertz CT molecular complexity index is 562.